The molecule has 0 N–H and O–H groups in total. The highest BCUT2D eigenvalue weighted by Crippen LogP contribution is 2.32. The fraction of sp³-hybridized carbons (Fsp3) is 0.423. The second-order valence-corrected chi connectivity index (χ2v) is 9.97. The first-order chi connectivity index (χ1) is 18.5. The molecule has 3 aromatic rings. The highest BCUT2D eigenvalue weighted by atomic mass is 19.4. The number of halogens is 3. The molecular weight excluding hydrogens is 519 g/mol. The Bertz CT molecular complexity index is 1280. The van der Waals surface area contributed by atoms with Gasteiger partial charge in [0.1, 0.15) is 24.3 Å². The number of alkyl halides is 3. The maximum Gasteiger partial charge on any atom is 0.573 e. The molecule has 1 atom stereocenters. The maximum absolute atomic E-state index is 12.4. The molecule has 0 saturated carbocycles. The van der Waals surface area contributed by atoms with Crippen LogP contribution < -0.4 is 24.0 Å². The molecule has 39 heavy (non-hydrogen) atoms. The average molecular weight is 548 g/mol. The van der Waals surface area contributed by atoms with Crippen molar-refractivity contribution in [1.82, 2.24) is 9.55 Å². The summed E-state index contributed by atoms with van der Waals surface area (Å²) >= 11 is 0. The summed E-state index contributed by atoms with van der Waals surface area (Å²) in [4.78, 5) is 18.6. The van der Waals surface area contributed by atoms with Crippen molar-refractivity contribution in [2.45, 2.75) is 44.3 Å². The molecule has 1 aromatic heterocycles. The third kappa shape index (κ3) is 6.13. The maximum atomic E-state index is 12.4. The number of hydrogen-bond acceptors (Lipinski definition) is 8. The van der Waals surface area contributed by atoms with Crippen molar-refractivity contribution in [3.8, 4) is 17.5 Å². The van der Waals surface area contributed by atoms with Crippen LogP contribution in [-0.4, -0.2) is 59.2 Å². The number of nitrogens with zero attached hydrogens (tertiary/aromatic N) is 5. The van der Waals surface area contributed by atoms with Gasteiger partial charge in [0.25, 0.3) is 0 Å². The van der Waals surface area contributed by atoms with Gasteiger partial charge in [0.15, 0.2) is 5.60 Å². The van der Waals surface area contributed by atoms with E-state index in [0.717, 1.165) is 37.3 Å². The predicted octanol–water partition coefficient (Wildman–Crippen LogP) is 5.03. The van der Waals surface area contributed by atoms with Gasteiger partial charge in [-0.2, -0.15) is 0 Å². The van der Waals surface area contributed by atoms with Crippen molar-refractivity contribution in [2.75, 3.05) is 36.5 Å². The van der Waals surface area contributed by atoms with Gasteiger partial charge in [-0.3, -0.25) is 4.57 Å². The second-order valence-electron chi connectivity index (χ2n) is 9.97. The van der Waals surface area contributed by atoms with Gasteiger partial charge in [-0.1, -0.05) is 0 Å². The molecule has 2 aliphatic rings. The molecule has 0 unspecified atom stereocenters. The van der Waals surface area contributed by atoms with Crippen molar-refractivity contribution < 1.29 is 32.3 Å². The van der Waals surface area contributed by atoms with Crippen molar-refractivity contribution in [3.63, 3.8) is 0 Å². The number of nitro groups is 1. The molecule has 0 amide bonds. The van der Waals surface area contributed by atoms with Crippen LogP contribution in [0.5, 0.6) is 17.5 Å². The number of anilines is 2. The van der Waals surface area contributed by atoms with Crippen LogP contribution in [0, 0.1) is 10.1 Å². The summed E-state index contributed by atoms with van der Waals surface area (Å²) in [5.41, 5.74) is 1.23. The lowest BCUT2D eigenvalue weighted by Crippen LogP contribution is -2.43. The molecule has 0 radical (unpaired) electrons. The van der Waals surface area contributed by atoms with Crippen molar-refractivity contribution in [1.29, 1.82) is 0 Å². The van der Waals surface area contributed by atoms with Gasteiger partial charge in [-0.05, 0) is 73.2 Å². The largest absolute Gasteiger partial charge is 0.573 e. The number of ether oxygens (including phenoxy) is 3. The standard InChI is InChI=1S/C26H28F3N5O5/c1-25(16-33-15-23(34(35)36)30-24(33)39-25)17-37-21-7-5-20(6-8-21)32-13-11-19(12-14-32)31(2)18-3-9-22(10-4-18)38-26(27,28)29/h3-10,15,19H,11-14,16-17H2,1-2H3/t25-/m1/s1. The number of hydrogen-bond donors (Lipinski definition) is 0. The Morgan fingerprint density at radius 2 is 1.77 bits per heavy atom. The molecule has 208 valence electrons. The molecular formula is C26H28F3N5O5. The fourth-order valence-electron chi connectivity index (χ4n) is 4.95. The third-order valence-corrected chi connectivity index (χ3v) is 6.99. The second kappa shape index (κ2) is 10.2. The summed E-state index contributed by atoms with van der Waals surface area (Å²) in [6.07, 6.45) is -1.54. The molecule has 1 fully saturated rings. The molecule has 13 heteroatoms. The third-order valence-electron chi connectivity index (χ3n) is 6.99. The summed E-state index contributed by atoms with van der Waals surface area (Å²) < 4.78 is 54.5. The molecule has 5 rings (SSSR count). The van der Waals surface area contributed by atoms with Crippen LogP contribution in [0.25, 0.3) is 0 Å². The van der Waals surface area contributed by atoms with E-state index in [0.29, 0.717) is 12.3 Å². The first-order valence-corrected chi connectivity index (χ1v) is 12.5. The van der Waals surface area contributed by atoms with Gasteiger partial charge < -0.3 is 34.1 Å². The average Bonchev–Trinajstić information content (AvgIpc) is 3.43. The van der Waals surface area contributed by atoms with Gasteiger partial charge >= 0.3 is 18.2 Å². The van der Waals surface area contributed by atoms with Gasteiger partial charge in [0.05, 0.1) is 6.54 Å². The summed E-state index contributed by atoms with van der Waals surface area (Å²) in [6.45, 7) is 4.20. The Morgan fingerprint density at radius 1 is 1.13 bits per heavy atom. The van der Waals surface area contributed by atoms with E-state index >= 15 is 0 Å². The number of piperidine rings is 1. The molecule has 0 aliphatic carbocycles. The minimum Gasteiger partial charge on any atom is -0.489 e. The Kier molecular flexibility index (Phi) is 6.91. The van der Waals surface area contributed by atoms with Crippen LogP contribution >= 0.6 is 0 Å². The van der Waals surface area contributed by atoms with E-state index in [2.05, 4.69) is 19.5 Å². The first-order valence-electron chi connectivity index (χ1n) is 12.5. The van der Waals surface area contributed by atoms with Crippen LogP contribution in [0.15, 0.2) is 54.7 Å². The van der Waals surface area contributed by atoms with Crippen LogP contribution in [0.1, 0.15) is 19.8 Å². The van der Waals surface area contributed by atoms with E-state index in [-0.39, 0.29) is 30.2 Å². The van der Waals surface area contributed by atoms with Gasteiger partial charge in [-0.15, -0.1) is 13.2 Å². The van der Waals surface area contributed by atoms with Gasteiger partial charge in [0.2, 0.25) is 0 Å². The van der Waals surface area contributed by atoms with E-state index in [1.165, 1.54) is 18.3 Å². The highest BCUT2D eigenvalue weighted by molar-refractivity contribution is 5.52. The predicted molar refractivity (Wildman–Crippen MR) is 137 cm³/mol. The number of benzene rings is 2. The highest BCUT2D eigenvalue weighted by Gasteiger charge is 2.41. The van der Waals surface area contributed by atoms with Gasteiger partial charge in [0, 0.05) is 42.5 Å². The number of fused-ring (bicyclic) bond motifs is 1. The molecule has 0 spiro atoms. The summed E-state index contributed by atoms with van der Waals surface area (Å²) in [5, 5.41) is 10.9. The van der Waals surface area contributed by atoms with Crippen molar-refractivity contribution >= 4 is 17.2 Å². The van der Waals surface area contributed by atoms with Crippen LogP contribution in [0.3, 0.4) is 0 Å². The minimum absolute atomic E-state index is 0.213. The van der Waals surface area contributed by atoms with Crippen LogP contribution in [-0.2, 0) is 6.54 Å². The zero-order valence-electron chi connectivity index (χ0n) is 21.4. The summed E-state index contributed by atoms with van der Waals surface area (Å²) in [7, 11) is 1.95. The van der Waals surface area contributed by atoms with E-state index in [1.54, 1.807) is 16.7 Å². The Labute approximate surface area is 222 Å². The van der Waals surface area contributed by atoms with E-state index in [9.17, 15) is 23.3 Å². The molecule has 0 bridgehead atoms. The Balaban J connectivity index is 1.10. The molecule has 1 saturated heterocycles. The monoisotopic (exact) mass is 547 g/mol. The number of imidazole rings is 1. The number of aromatic nitrogens is 2. The van der Waals surface area contributed by atoms with Crippen molar-refractivity contribution in [2.24, 2.45) is 0 Å². The molecule has 2 aromatic carbocycles. The minimum atomic E-state index is -4.70. The fourth-order valence-corrected chi connectivity index (χ4v) is 4.95. The van der Waals surface area contributed by atoms with Crippen LogP contribution in [0.4, 0.5) is 30.4 Å². The van der Waals surface area contributed by atoms with E-state index in [1.807, 2.05) is 38.2 Å². The Morgan fingerprint density at radius 3 is 2.36 bits per heavy atom. The summed E-state index contributed by atoms with van der Waals surface area (Å²) in [6, 6.07) is 14.2. The van der Waals surface area contributed by atoms with E-state index < -0.39 is 16.9 Å². The summed E-state index contributed by atoms with van der Waals surface area (Å²) in [5.74, 6) is 0.212. The Hall–Kier alpha value is -4.16. The van der Waals surface area contributed by atoms with Gasteiger partial charge in [-0.25, -0.2) is 0 Å². The van der Waals surface area contributed by atoms with E-state index in [4.69, 9.17) is 9.47 Å². The first kappa shape index (κ1) is 26.4. The molecule has 2 aliphatic heterocycles. The zero-order chi connectivity index (χ0) is 27.8. The quantitative estimate of drug-likeness (QED) is 0.287. The molecule has 10 nitrogen and oxygen atoms in total. The zero-order valence-corrected chi connectivity index (χ0v) is 21.4. The lowest BCUT2D eigenvalue weighted by molar-refractivity contribution is -0.389. The van der Waals surface area contributed by atoms with Crippen molar-refractivity contribution in [3.05, 3.63) is 64.8 Å². The lowest BCUT2D eigenvalue weighted by Gasteiger charge is -2.39. The number of rotatable bonds is 8. The van der Waals surface area contributed by atoms with Crippen LogP contribution in [0.2, 0.25) is 0 Å². The smallest absolute Gasteiger partial charge is 0.489 e. The lowest BCUT2D eigenvalue weighted by atomic mass is 10.0. The SMILES string of the molecule is CN(c1ccc(OC(F)(F)F)cc1)C1CCN(c2ccc(OC[C@@]3(C)Cn4cc([N+](=O)[O-])nc4O3)cc2)CC1. The normalized spacial score (nSPS) is 19.4. The molecule has 3 heterocycles. The topological polar surface area (TPSA) is 95.1 Å².